The van der Waals surface area contributed by atoms with Crippen molar-refractivity contribution in [3.63, 3.8) is 0 Å². The second kappa shape index (κ2) is 9.13. The van der Waals surface area contributed by atoms with Crippen molar-refractivity contribution in [3.8, 4) is 11.5 Å². The molecule has 2 bridgehead atoms. The molecular weight excluding hydrogens is 470 g/mol. The van der Waals surface area contributed by atoms with Crippen LogP contribution >= 0.6 is 12.2 Å². The largest absolute Gasteiger partial charge is 0.493 e. The number of para-hydroxylation sites is 1. The summed E-state index contributed by atoms with van der Waals surface area (Å²) in [6.45, 7) is 8.09. The van der Waals surface area contributed by atoms with Gasteiger partial charge in [0.25, 0.3) is 0 Å². The number of rotatable bonds is 5. The average molecular weight is 502 g/mol. The Morgan fingerprint density at radius 1 is 1.17 bits per heavy atom. The molecule has 2 heterocycles. The SMILES string of the molecule is CCc1ccc(N2C(=S)N[C@H]3c4cccc(OC)c4O[C@]2(C)[C@@H]3C(=O)Nc2ccc(C)cc2C)cc1. The maximum absolute atomic E-state index is 14.0. The van der Waals surface area contributed by atoms with Gasteiger partial charge >= 0.3 is 0 Å². The summed E-state index contributed by atoms with van der Waals surface area (Å²) in [5, 5.41) is 7.13. The van der Waals surface area contributed by atoms with Gasteiger partial charge in [-0.3, -0.25) is 9.69 Å². The van der Waals surface area contributed by atoms with E-state index in [1.165, 1.54) is 5.56 Å². The average Bonchev–Trinajstić information content (AvgIpc) is 2.85. The van der Waals surface area contributed by atoms with Crippen LogP contribution in [0, 0.1) is 19.8 Å². The molecule has 0 aromatic heterocycles. The predicted octanol–water partition coefficient (Wildman–Crippen LogP) is 5.67. The molecule has 0 unspecified atom stereocenters. The van der Waals surface area contributed by atoms with Crippen molar-refractivity contribution in [2.75, 3.05) is 17.3 Å². The molecule has 0 aliphatic carbocycles. The first kappa shape index (κ1) is 24.1. The van der Waals surface area contributed by atoms with Crippen LogP contribution in [0.3, 0.4) is 0 Å². The van der Waals surface area contributed by atoms with Gasteiger partial charge in [0.15, 0.2) is 22.3 Å². The Labute approximate surface area is 217 Å². The molecule has 1 saturated heterocycles. The monoisotopic (exact) mass is 501 g/mol. The number of ether oxygens (including phenoxy) is 2. The number of carbonyl (C=O) groups is 1. The number of anilines is 2. The lowest BCUT2D eigenvalue weighted by atomic mass is 9.78. The molecule has 186 valence electrons. The van der Waals surface area contributed by atoms with Crippen LogP contribution in [-0.2, 0) is 11.2 Å². The lowest BCUT2D eigenvalue weighted by Crippen LogP contribution is -2.72. The van der Waals surface area contributed by atoms with E-state index in [1.54, 1.807) is 7.11 Å². The Bertz CT molecular complexity index is 1340. The first-order valence-corrected chi connectivity index (χ1v) is 12.6. The summed E-state index contributed by atoms with van der Waals surface area (Å²) < 4.78 is 12.4. The van der Waals surface area contributed by atoms with Gasteiger partial charge in [-0.15, -0.1) is 0 Å². The molecule has 3 aromatic rings. The Kier molecular flexibility index (Phi) is 6.12. The zero-order valence-electron chi connectivity index (χ0n) is 21.2. The lowest BCUT2D eigenvalue weighted by Gasteiger charge is -2.56. The van der Waals surface area contributed by atoms with Crippen molar-refractivity contribution in [2.45, 2.75) is 45.9 Å². The van der Waals surface area contributed by atoms with Crippen LogP contribution in [0.2, 0.25) is 0 Å². The molecule has 36 heavy (non-hydrogen) atoms. The molecular formula is C29H31N3O3S. The molecule has 3 atom stereocenters. The van der Waals surface area contributed by atoms with Crippen LogP contribution < -0.4 is 25.0 Å². The summed E-state index contributed by atoms with van der Waals surface area (Å²) in [5.74, 6) is 0.476. The third-order valence-corrected chi connectivity index (χ3v) is 7.53. The number of hydrogen-bond acceptors (Lipinski definition) is 4. The van der Waals surface area contributed by atoms with E-state index in [1.807, 2.05) is 68.1 Å². The van der Waals surface area contributed by atoms with E-state index in [4.69, 9.17) is 21.7 Å². The van der Waals surface area contributed by atoms with E-state index < -0.39 is 17.7 Å². The molecule has 0 radical (unpaired) electrons. The minimum absolute atomic E-state index is 0.145. The number of carbonyl (C=O) groups excluding carboxylic acids is 1. The molecule has 0 spiro atoms. The highest BCUT2D eigenvalue weighted by Crippen LogP contribution is 2.52. The normalized spacial score (nSPS) is 22.2. The Balaban J connectivity index is 1.63. The summed E-state index contributed by atoms with van der Waals surface area (Å²) in [7, 11) is 1.62. The first-order valence-electron chi connectivity index (χ1n) is 12.2. The van der Waals surface area contributed by atoms with Crippen LogP contribution in [-0.4, -0.2) is 23.9 Å². The van der Waals surface area contributed by atoms with E-state index in [-0.39, 0.29) is 5.91 Å². The minimum Gasteiger partial charge on any atom is -0.493 e. The number of benzene rings is 3. The van der Waals surface area contributed by atoms with Crippen LogP contribution in [0.25, 0.3) is 0 Å². The van der Waals surface area contributed by atoms with Gasteiger partial charge in [0, 0.05) is 16.9 Å². The Morgan fingerprint density at radius 2 is 1.92 bits per heavy atom. The molecule has 2 aliphatic heterocycles. The summed E-state index contributed by atoms with van der Waals surface area (Å²) in [6, 6.07) is 19.6. The van der Waals surface area contributed by atoms with Crippen molar-refractivity contribution in [1.29, 1.82) is 0 Å². The van der Waals surface area contributed by atoms with Crippen molar-refractivity contribution in [1.82, 2.24) is 5.32 Å². The van der Waals surface area contributed by atoms with Crippen molar-refractivity contribution < 1.29 is 14.3 Å². The fourth-order valence-corrected chi connectivity index (χ4v) is 5.78. The van der Waals surface area contributed by atoms with Crippen molar-refractivity contribution in [3.05, 3.63) is 82.9 Å². The van der Waals surface area contributed by atoms with Gasteiger partial charge in [-0.05, 0) is 74.8 Å². The fraction of sp³-hybridized carbons (Fsp3) is 0.310. The van der Waals surface area contributed by atoms with Gasteiger partial charge in [0.2, 0.25) is 5.91 Å². The molecule has 5 rings (SSSR count). The topological polar surface area (TPSA) is 62.8 Å². The Morgan fingerprint density at radius 3 is 2.58 bits per heavy atom. The van der Waals surface area contributed by atoms with E-state index >= 15 is 0 Å². The van der Waals surface area contributed by atoms with Gasteiger partial charge in [0.1, 0.15) is 5.92 Å². The predicted molar refractivity (Wildman–Crippen MR) is 147 cm³/mol. The number of methoxy groups -OCH3 is 1. The number of fused-ring (bicyclic) bond motifs is 4. The molecule has 7 heteroatoms. The number of amides is 1. The molecule has 0 saturated carbocycles. The van der Waals surface area contributed by atoms with Crippen molar-refractivity contribution in [2.24, 2.45) is 5.92 Å². The van der Waals surface area contributed by atoms with Gasteiger partial charge in [-0.25, -0.2) is 0 Å². The van der Waals surface area contributed by atoms with Gasteiger partial charge < -0.3 is 20.1 Å². The van der Waals surface area contributed by atoms with Crippen LogP contribution in [0.15, 0.2) is 60.7 Å². The third kappa shape index (κ3) is 3.88. The summed E-state index contributed by atoms with van der Waals surface area (Å²) in [6.07, 6.45) is 0.935. The summed E-state index contributed by atoms with van der Waals surface area (Å²) in [4.78, 5) is 16.0. The molecule has 2 N–H and O–H groups in total. The first-order chi connectivity index (χ1) is 17.3. The smallest absolute Gasteiger partial charge is 0.236 e. The van der Waals surface area contributed by atoms with E-state index in [0.717, 1.165) is 34.5 Å². The van der Waals surface area contributed by atoms with Crippen molar-refractivity contribution >= 4 is 34.6 Å². The zero-order valence-corrected chi connectivity index (χ0v) is 22.0. The third-order valence-electron chi connectivity index (χ3n) is 7.23. The molecule has 2 aliphatic rings. The molecule has 6 nitrogen and oxygen atoms in total. The number of hydrogen-bond donors (Lipinski definition) is 2. The maximum Gasteiger partial charge on any atom is 0.236 e. The highest BCUT2D eigenvalue weighted by molar-refractivity contribution is 7.80. The highest BCUT2D eigenvalue weighted by atomic mass is 32.1. The van der Waals surface area contributed by atoms with Gasteiger partial charge in [-0.2, -0.15) is 0 Å². The second-order valence-electron chi connectivity index (χ2n) is 9.60. The maximum atomic E-state index is 14.0. The fourth-order valence-electron chi connectivity index (χ4n) is 5.36. The van der Waals surface area contributed by atoms with Gasteiger partial charge in [-0.1, -0.05) is 48.9 Å². The quantitative estimate of drug-likeness (QED) is 0.439. The van der Waals surface area contributed by atoms with E-state index in [0.29, 0.717) is 16.6 Å². The number of thiocarbonyl (C=S) groups is 1. The van der Waals surface area contributed by atoms with Gasteiger partial charge in [0.05, 0.1) is 13.2 Å². The lowest BCUT2D eigenvalue weighted by molar-refractivity contribution is -0.130. The number of aryl methyl sites for hydroxylation is 3. The van der Waals surface area contributed by atoms with Crippen LogP contribution in [0.5, 0.6) is 11.5 Å². The summed E-state index contributed by atoms with van der Waals surface area (Å²) >= 11 is 5.86. The number of nitrogens with zero attached hydrogens (tertiary/aromatic N) is 1. The van der Waals surface area contributed by atoms with E-state index in [9.17, 15) is 4.79 Å². The molecule has 1 amide bonds. The number of nitrogens with one attached hydrogen (secondary N) is 2. The summed E-state index contributed by atoms with van der Waals surface area (Å²) in [5.41, 5.74) is 4.75. The van der Waals surface area contributed by atoms with E-state index in [2.05, 4.69) is 35.8 Å². The Hall–Kier alpha value is -3.58. The second-order valence-corrected chi connectivity index (χ2v) is 9.99. The van der Waals surface area contributed by atoms with Crippen LogP contribution in [0.4, 0.5) is 11.4 Å². The molecule has 3 aromatic carbocycles. The van der Waals surface area contributed by atoms with Crippen LogP contribution in [0.1, 0.15) is 42.1 Å². The minimum atomic E-state index is -1.11. The molecule has 1 fully saturated rings. The highest BCUT2D eigenvalue weighted by Gasteiger charge is 2.59. The zero-order chi connectivity index (χ0) is 25.6. The standard InChI is InChI=1S/C29H31N3O3S/c1-6-19-11-13-20(14-12-19)32-28(36)31-25-21-8-7-9-23(34-5)26(21)35-29(32,4)24(25)27(33)30-22-15-10-17(2)16-18(22)3/h7-16,24-25H,6H2,1-5H3,(H,30,33)(H,31,36)/t24-,25-,29+/m0/s1.